The molecule has 1 aromatic carbocycles. The van der Waals surface area contributed by atoms with E-state index in [1.54, 1.807) is 0 Å². The number of alkyl halides is 3. The van der Waals surface area contributed by atoms with Crippen molar-refractivity contribution < 1.29 is 48.3 Å². The summed E-state index contributed by atoms with van der Waals surface area (Å²) >= 11 is 0. The first kappa shape index (κ1) is 18.0. The minimum atomic E-state index is -5.57. The number of carbonyl (C=O) groups excluding carboxylic acids is 1. The number of halogens is 4. The van der Waals surface area contributed by atoms with Crippen LogP contribution in [0, 0.1) is 5.82 Å². The van der Waals surface area contributed by atoms with Crippen LogP contribution in [0.3, 0.4) is 0 Å². The Morgan fingerprint density at radius 2 is 1.92 bits per heavy atom. The highest BCUT2D eigenvalue weighted by Crippen LogP contribution is 2.32. The van der Waals surface area contributed by atoms with Crippen molar-refractivity contribution in [2.75, 3.05) is 6.61 Å². The van der Waals surface area contributed by atoms with Gasteiger partial charge in [-0.3, -0.25) is 0 Å². The zero-order chi connectivity index (χ0) is 18.1. The minimum Gasteiger partial charge on any atom is -0.460 e. The van der Waals surface area contributed by atoms with E-state index in [-0.39, 0.29) is 17.6 Å². The van der Waals surface area contributed by atoms with Gasteiger partial charge < -0.3 is 13.3 Å². The summed E-state index contributed by atoms with van der Waals surface area (Å²) in [6.45, 7) is 1.51. The van der Waals surface area contributed by atoms with Gasteiger partial charge in [-0.25, -0.2) is 9.18 Å². The van der Waals surface area contributed by atoms with E-state index in [0.29, 0.717) is 6.07 Å². The van der Waals surface area contributed by atoms with Crippen LogP contribution >= 0.6 is 0 Å². The second-order valence-electron chi connectivity index (χ2n) is 4.17. The number of esters is 1. The van der Waals surface area contributed by atoms with E-state index >= 15 is 0 Å². The van der Waals surface area contributed by atoms with Crippen LogP contribution in [-0.2, 0) is 19.3 Å². The van der Waals surface area contributed by atoms with Crippen molar-refractivity contribution in [1.82, 2.24) is 0 Å². The fraction of sp³-hybridized carbons (Fsp3) is 0.250. The monoisotopic (exact) mass is 372 g/mol. The van der Waals surface area contributed by atoms with Gasteiger partial charge in [0.1, 0.15) is 11.4 Å². The average molecular weight is 372 g/mol. The lowest BCUT2D eigenvalue weighted by Crippen LogP contribution is -2.23. The van der Waals surface area contributed by atoms with Gasteiger partial charge in [0.05, 0.1) is 12.0 Å². The molecule has 132 valence electrons. The van der Waals surface area contributed by atoms with Gasteiger partial charge in [-0.2, -0.15) is 8.42 Å². The molecule has 2 rings (SSSR count). The van der Waals surface area contributed by atoms with Gasteiger partial charge >= 0.3 is 22.7 Å². The summed E-state index contributed by atoms with van der Waals surface area (Å²) in [6, 6.07) is 2.21. The van der Waals surface area contributed by atoms with E-state index in [1.165, 1.54) is 6.92 Å². The van der Waals surface area contributed by atoms with Crippen molar-refractivity contribution in [2.45, 2.75) is 13.3 Å². The molecule has 0 saturated carbocycles. The Hall–Kier alpha value is -2.34. The van der Waals surface area contributed by atoms with Crippen molar-refractivity contribution in [3.63, 3.8) is 0 Å². The molecule has 7 nitrogen and oxygen atoms in total. The highest BCUT2D eigenvalue weighted by Gasteiger charge is 2.38. The lowest BCUT2D eigenvalue weighted by Gasteiger charge is -2.09. The van der Waals surface area contributed by atoms with E-state index < -0.39 is 40.1 Å². The smallest absolute Gasteiger partial charge is 0.460 e. The molecule has 1 heterocycles. The molecule has 0 saturated heterocycles. The predicted octanol–water partition coefficient (Wildman–Crippen LogP) is 2.91. The molecule has 24 heavy (non-hydrogen) atoms. The standard InChI is InChI=1S/C12H8F4O7S/c1-2-20-11(17)10-5-7-8(21-10)3-6(13)4-9(7)22-24(18,19)23-12(14,15)16/h3-5H,2H2,1H3. The first-order valence-electron chi connectivity index (χ1n) is 6.13. The Bertz CT molecular complexity index is 869. The van der Waals surface area contributed by atoms with Crippen LogP contribution in [0.25, 0.3) is 11.0 Å². The number of furan rings is 1. The molecule has 1 aromatic heterocycles. The topological polar surface area (TPSA) is 92.0 Å². The Morgan fingerprint density at radius 1 is 1.25 bits per heavy atom. The summed E-state index contributed by atoms with van der Waals surface area (Å²) in [4.78, 5) is 11.5. The molecule has 0 atom stereocenters. The fourth-order valence-electron chi connectivity index (χ4n) is 1.69. The van der Waals surface area contributed by atoms with Crippen LogP contribution in [0.4, 0.5) is 17.6 Å². The van der Waals surface area contributed by atoms with Crippen molar-refractivity contribution in [2.24, 2.45) is 0 Å². The van der Waals surface area contributed by atoms with Gasteiger partial charge in [-0.05, 0) is 6.92 Å². The van der Waals surface area contributed by atoms with Gasteiger partial charge in [0.15, 0.2) is 5.75 Å². The van der Waals surface area contributed by atoms with E-state index in [9.17, 15) is 30.8 Å². The summed E-state index contributed by atoms with van der Waals surface area (Å²) < 4.78 is 88.4. The second-order valence-corrected chi connectivity index (χ2v) is 5.32. The van der Waals surface area contributed by atoms with Crippen LogP contribution in [0.2, 0.25) is 0 Å². The number of fused-ring (bicyclic) bond motifs is 1. The molecule has 0 spiro atoms. The second kappa shape index (κ2) is 6.28. The highest BCUT2D eigenvalue weighted by molar-refractivity contribution is 7.82. The lowest BCUT2D eigenvalue weighted by atomic mass is 10.2. The zero-order valence-corrected chi connectivity index (χ0v) is 12.5. The summed E-state index contributed by atoms with van der Waals surface area (Å²) in [5.41, 5.74) is -0.338. The molecule has 0 aliphatic rings. The van der Waals surface area contributed by atoms with Crippen LogP contribution in [0.15, 0.2) is 22.6 Å². The van der Waals surface area contributed by atoms with Gasteiger partial charge in [0.2, 0.25) is 5.76 Å². The van der Waals surface area contributed by atoms with E-state index in [1.807, 2.05) is 0 Å². The molecule has 0 amide bonds. The van der Waals surface area contributed by atoms with Crippen molar-refractivity contribution in [1.29, 1.82) is 0 Å². The summed E-state index contributed by atoms with van der Waals surface area (Å²) in [7, 11) is -5.57. The third-order valence-corrected chi connectivity index (χ3v) is 3.21. The van der Waals surface area contributed by atoms with E-state index in [4.69, 9.17) is 4.42 Å². The molecule has 0 aliphatic carbocycles. The molecular formula is C12H8F4O7S. The third-order valence-electron chi connectivity index (χ3n) is 2.43. The van der Waals surface area contributed by atoms with Crippen LogP contribution < -0.4 is 4.18 Å². The first-order valence-corrected chi connectivity index (χ1v) is 7.46. The molecule has 2 aromatic rings. The molecule has 0 bridgehead atoms. The maximum Gasteiger partial charge on any atom is 0.539 e. The number of hydrogen-bond donors (Lipinski definition) is 0. The molecular weight excluding hydrogens is 364 g/mol. The van der Waals surface area contributed by atoms with Gasteiger partial charge in [0.25, 0.3) is 0 Å². The van der Waals surface area contributed by atoms with E-state index in [2.05, 4.69) is 13.1 Å². The van der Waals surface area contributed by atoms with Crippen LogP contribution in [0.5, 0.6) is 5.75 Å². The minimum absolute atomic E-state index is 0.00139. The SMILES string of the molecule is CCOC(=O)c1cc2c(OS(=O)(=O)OC(F)(F)F)cc(F)cc2o1. The van der Waals surface area contributed by atoms with Crippen molar-refractivity contribution in [3.8, 4) is 5.75 Å². The highest BCUT2D eigenvalue weighted by atomic mass is 32.3. The van der Waals surface area contributed by atoms with Crippen molar-refractivity contribution >= 4 is 27.3 Å². The largest absolute Gasteiger partial charge is 0.539 e. The predicted molar refractivity (Wildman–Crippen MR) is 68.8 cm³/mol. The number of carbonyl (C=O) groups is 1. The quantitative estimate of drug-likeness (QED) is 0.589. The average Bonchev–Trinajstić information content (AvgIpc) is 2.79. The molecule has 0 fully saturated rings. The molecule has 0 N–H and O–H groups in total. The Morgan fingerprint density at radius 3 is 2.50 bits per heavy atom. The maximum atomic E-state index is 13.5. The molecule has 0 unspecified atom stereocenters. The van der Waals surface area contributed by atoms with Crippen molar-refractivity contribution in [3.05, 3.63) is 29.8 Å². The normalized spacial score (nSPS) is 12.4. The van der Waals surface area contributed by atoms with Crippen LogP contribution in [0.1, 0.15) is 17.5 Å². The number of rotatable bonds is 5. The number of benzene rings is 1. The number of ether oxygens (including phenoxy) is 1. The Balaban J connectivity index is 2.45. The van der Waals surface area contributed by atoms with Gasteiger partial charge in [0, 0.05) is 18.2 Å². The number of hydrogen-bond acceptors (Lipinski definition) is 7. The van der Waals surface area contributed by atoms with E-state index in [0.717, 1.165) is 12.1 Å². The zero-order valence-electron chi connectivity index (χ0n) is 11.7. The van der Waals surface area contributed by atoms with Gasteiger partial charge in [-0.15, -0.1) is 17.4 Å². The van der Waals surface area contributed by atoms with Crippen LogP contribution in [-0.4, -0.2) is 27.4 Å². The summed E-state index contributed by atoms with van der Waals surface area (Å²) in [5.74, 6) is -3.29. The molecule has 0 aliphatic heterocycles. The van der Waals surface area contributed by atoms with Gasteiger partial charge in [-0.1, -0.05) is 0 Å². The lowest BCUT2D eigenvalue weighted by molar-refractivity contribution is -0.274. The summed E-state index contributed by atoms with van der Waals surface area (Å²) in [5, 5.41) is -0.270. The fourth-order valence-corrected chi connectivity index (χ4v) is 2.31. The first-order chi connectivity index (χ1) is 11.0. The molecule has 0 radical (unpaired) electrons. The molecule has 12 heteroatoms. The Kier molecular flexibility index (Phi) is 4.71. The third kappa shape index (κ3) is 4.35. The maximum absolute atomic E-state index is 13.5. The Labute approximate surface area is 132 Å². The summed E-state index contributed by atoms with van der Waals surface area (Å²) in [6.07, 6.45) is -5.53.